The van der Waals surface area contributed by atoms with E-state index in [1.54, 1.807) is 4.68 Å². The van der Waals surface area contributed by atoms with Crippen LogP contribution in [0.2, 0.25) is 0 Å². The second-order valence-corrected chi connectivity index (χ2v) is 6.12. The zero-order chi connectivity index (χ0) is 15.0. The molecule has 21 heavy (non-hydrogen) atoms. The van der Waals surface area contributed by atoms with E-state index in [2.05, 4.69) is 23.3 Å². The second-order valence-electron chi connectivity index (χ2n) is 6.12. The molecule has 1 aliphatic carbocycles. The van der Waals surface area contributed by atoms with Crippen molar-refractivity contribution in [3.8, 4) is 0 Å². The number of benzene rings is 1. The second kappa shape index (κ2) is 5.28. The fourth-order valence-electron chi connectivity index (χ4n) is 3.74. The lowest BCUT2D eigenvalue weighted by Gasteiger charge is -2.42. The molecule has 0 aliphatic heterocycles. The number of aliphatic hydroxyl groups excluding tert-OH is 1. The third kappa shape index (κ3) is 2.19. The van der Waals surface area contributed by atoms with Crippen molar-refractivity contribution in [2.45, 2.75) is 37.7 Å². The van der Waals surface area contributed by atoms with E-state index in [1.165, 1.54) is 11.1 Å². The molecule has 0 radical (unpaired) electrons. The summed E-state index contributed by atoms with van der Waals surface area (Å²) in [4.78, 5) is 0. The quantitative estimate of drug-likeness (QED) is 0.906. The van der Waals surface area contributed by atoms with Gasteiger partial charge in [0.1, 0.15) is 0 Å². The molecule has 3 rings (SSSR count). The standard InChI is InChI=1S/C17H23N3O/c1-12-14(10-20(2)19-12)16(21)17(11-18)9-5-7-13-6-3-4-8-15(13)17/h3-4,6,8,10,16,21H,5,7,9,11,18H2,1-2H3. The third-order valence-corrected chi connectivity index (χ3v) is 4.86. The summed E-state index contributed by atoms with van der Waals surface area (Å²) in [5.41, 5.74) is 10.0. The van der Waals surface area contributed by atoms with Crippen LogP contribution in [0, 0.1) is 6.92 Å². The molecule has 112 valence electrons. The van der Waals surface area contributed by atoms with Crippen molar-refractivity contribution >= 4 is 0 Å². The van der Waals surface area contributed by atoms with E-state index in [9.17, 15) is 5.11 Å². The number of aryl methyl sites for hydroxylation is 3. The SMILES string of the molecule is Cc1nn(C)cc1C(O)C1(CN)CCCc2ccccc21. The van der Waals surface area contributed by atoms with Crippen LogP contribution >= 0.6 is 0 Å². The molecular weight excluding hydrogens is 262 g/mol. The van der Waals surface area contributed by atoms with Gasteiger partial charge in [-0.3, -0.25) is 4.68 Å². The first kappa shape index (κ1) is 14.3. The molecule has 4 heteroatoms. The highest BCUT2D eigenvalue weighted by atomic mass is 16.3. The Balaban J connectivity index is 2.11. The zero-order valence-corrected chi connectivity index (χ0v) is 12.7. The summed E-state index contributed by atoms with van der Waals surface area (Å²) in [7, 11) is 1.88. The lowest BCUT2D eigenvalue weighted by molar-refractivity contribution is 0.0712. The van der Waals surface area contributed by atoms with Crippen LogP contribution in [0.3, 0.4) is 0 Å². The van der Waals surface area contributed by atoms with Gasteiger partial charge < -0.3 is 10.8 Å². The number of nitrogens with zero attached hydrogens (tertiary/aromatic N) is 2. The van der Waals surface area contributed by atoms with Gasteiger partial charge in [-0.2, -0.15) is 5.10 Å². The van der Waals surface area contributed by atoms with Crippen LogP contribution in [-0.2, 0) is 18.9 Å². The van der Waals surface area contributed by atoms with Crippen LogP contribution in [0.25, 0.3) is 0 Å². The van der Waals surface area contributed by atoms with Gasteiger partial charge in [0.05, 0.1) is 11.8 Å². The number of hydrogen-bond acceptors (Lipinski definition) is 3. The molecule has 4 nitrogen and oxygen atoms in total. The maximum atomic E-state index is 11.1. The first-order valence-corrected chi connectivity index (χ1v) is 7.55. The highest BCUT2D eigenvalue weighted by Crippen LogP contribution is 2.45. The topological polar surface area (TPSA) is 64.1 Å². The minimum atomic E-state index is -0.613. The molecule has 2 aromatic rings. The van der Waals surface area contributed by atoms with Crippen molar-refractivity contribution in [3.63, 3.8) is 0 Å². The van der Waals surface area contributed by atoms with E-state index in [-0.39, 0.29) is 0 Å². The molecule has 0 saturated heterocycles. The van der Waals surface area contributed by atoms with Crippen molar-refractivity contribution in [1.29, 1.82) is 0 Å². The van der Waals surface area contributed by atoms with Crippen LogP contribution < -0.4 is 5.73 Å². The molecule has 2 atom stereocenters. The molecule has 3 N–H and O–H groups in total. The Labute approximate surface area is 125 Å². The van der Waals surface area contributed by atoms with Gasteiger partial charge in [-0.15, -0.1) is 0 Å². The van der Waals surface area contributed by atoms with E-state index in [0.717, 1.165) is 30.5 Å². The van der Waals surface area contributed by atoms with Gasteiger partial charge in [-0.25, -0.2) is 0 Å². The largest absolute Gasteiger partial charge is 0.387 e. The predicted molar refractivity (Wildman–Crippen MR) is 83.0 cm³/mol. The average molecular weight is 285 g/mol. The van der Waals surface area contributed by atoms with E-state index in [0.29, 0.717) is 6.54 Å². The van der Waals surface area contributed by atoms with Gasteiger partial charge in [0, 0.05) is 30.8 Å². The summed E-state index contributed by atoms with van der Waals surface area (Å²) in [6.45, 7) is 2.39. The maximum absolute atomic E-state index is 11.1. The summed E-state index contributed by atoms with van der Waals surface area (Å²) < 4.78 is 1.76. The van der Waals surface area contributed by atoms with E-state index in [4.69, 9.17) is 5.73 Å². The Morgan fingerprint density at radius 3 is 2.86 bits per heavy atom. The number of fused-ring (bicyclic) bond motifs is 1. The van der Waals surface area contributed by atoms with Gasteiger partial charge in [-0.1, -0.05) is 24.3 Å². The molecule has 0 saturated carbocycles. The summed E-state index contributed by atoms with van der Waals surface area (Å²) in [5, 5.41) is 15.5. The third-order valence-electron chi connectivity index (χ3n) is 4.86. The molecule has 0 amide bonds. The van der Waals surface area contributed by atoms with Gasteiger partial charge in [-0.05, 0) is 37.3 Å². The first-order chi connectivity index (χ1) is 10.1. The molecule has 1 aliphatic rings. The Bertz CT molecular complexity index is 649. The first-order valence-electron chi connectivity index (χ1n) is 7.55. The van der Waals surface area contributed by atoms with Crippen molar-refractivity contribution in [3.05, 3.63) is 52.8 Å². The van der Waals surface area contributed by atoms with Crippen LogP contribution in [0.1, 0.15) is 41.3 Å². The highest BCUT2D eigenvalue weighted by Gasteiger charge is 2.43. The molecule has 0 bridgehead atoms. The monoisotopic (exact) mass is 285 g/mol. The summed E-state index contributed by atoms with van der Waals surface area (Å²) >= 11 is 0. The van der Waals surface area contributed by atoms with E-state index in [1.807, 2.05) is 26.2 Å². The van der Waals surface area contributed by atoms with E-state index >= 15 is 0 Å². The van der Waals surface area contributed by atoms with Gasteiger partial charge in [0.2, 0.25) is 0 Å². The summed E-state index contributed by atoms with van der Waals surface area (Å²) in [6.07, 6.45) is 4.34. The lowest BCUT2D eigenvalue weighted by Crippen LogP contribution is -2.44. The van der Waals surface area contributed by atoms with Crippen LogP contribution in [-0.4, -0.2) is 21.4 Å². The summed E-state index contributed by atoms with van der Waals surface area (Å²) in [6, 6.07) is 8.38. The molecular formula is C17H23N3O. The molecule has 1 heterocycles. The minimum Gasteiger partial charge on any atom is -0.387 e. The van der Waals surface area contributed by atoms with Crippen molar-refractivity contribution in [2.75, 3.05) is 6.54 Å². The number of aliphatic hydroxyl groups is 1. The summed E-state index contributed by atoms with van der Waals surface area (Å²) in [5.74, 6) is 0. The average Bonchev–Trinajstić information content (AvgIpc) is 2.84. The highest BCUT2D eigenvalue weighted by molar-refractivity contribution is 5.41. The molecule has 1 aromatic carbocycles. The fraction of sp³-hybridized carbons (Fsp3) is 0.471. The Morgan fingerprint density at radius 1 is 1.43 bits per heavy atom. The van der Waals surface area contributed by atoms with Crippen molar-refractivity contribution in [1.82, 2.24) is 9.78 Å². The van der Waals surface area contributed by atoms with Gasteiger partial charge in [0.15, 0.2) is 0 Å². The Kier molecular flexibility index (Phi) is 3.59. The lowest BCUT2D eigenvalue weighted by atomic mass is 9.65. The van der Waals surface area contributed by atoms with Crippen molar-refractivity contribution < 1.29 is 5.11 Å². The smallest absolute Gasteiger partial charge is 0.0931 e. The number of nitrogens with two attached hydrogens (primary N) is 1. The maximum Gasteiger partial charge on any atom is 0.0931 e. The minimum absolute atomic E-state index is 0.400. The van der Waals surface area contributed by atoms with Crippen LogP contribution in [0.15, 0.2) is 30.5 Å². The fourth-order valence-corrected chi connectivity index (χ4v) is 3.74. The Morgan fingerprint density at radius 2 is 2.19 bits per heavy atom. The normalized spacial score (nSPS) is 22.9. The molecule has 1 aromatic heterocycles. The zero-order valence-electron chi connectivity index (χ0n) is 12.7. The molecule has 2 unspecified atom stereocenters. The van der Waals surface area contributed by atoms with Gasteiger partial charge >= 0.3 is 0 Å². The van der Waals surface area contributed by atoms with Crippen LogP contribution in [0.5, 0.6) is 0 Å². The van der Waals surface area contributed by atoms with Gasteiger partial charge in [0.25, 0.3) is 0 Å². The van der Waals surface area contributed by atoms with Crippen LogP contribution in [0.4, 0.5) is 0 Å². The molecule has 0 spiro atoms. The number of rotatable bonds is 3. The number of hydrogen-bond donors (Lipinski definition) is 2. The van der Waals surface area contributed by atoms with Crippen molar-refractivity contribution in [2.24, 2.45) is 12.8 Å². The number of aromatic nitrogens is 2. The van der Waals surface area contributed by atoms with E-state index < -0.39 is 11.5 Å². The molecule has 0 fully saturated rings. The predicted octanol–water partition coefficient (Wildman–Crippen LogP) is 1.99. The Hall–Kier alpha value is -1.65.